The molecule has 8 nitrogen and oxygen atoms in total. The van der Waals surface area contributed by atoms with Crippen molar-refractivity contribution in [1.82, 2.24) is 20.1 Å². The van der Waals surface area contributed by atoms with Crippen molar-refractivity contribution in [2.45, 2.75) is 63.1 Å². The van der Waals surface area contributed by atoms with E-state index < -0.39 is 12.1 Å². The van der Waals surface area contributed by atoms with E-state index in [-0.39, 0.29) is 36.1 Å². The third-order valence-electron chi connectivity index (χ3n) is 8.48. The molecule has 2 aromatic carbocycles. The standard InChI is InChI=1S/C30H32N4O4S/c35-25-17-34(29(37)20-9-5-2-6-10-20)24-13-14-33(27(24)25)30(38)23(15-19-7-3-1-4-8-19)32-28(36)21-11-12-22-26(16-21)39-18-31-22/h2,5-6,9-12,16,18-19,23-24,27H,1,3-4,7-8,13-15,17H2,(H,32,36)/t23-,24+,27-/m0/s1. The van der Waals surface area contributed by atoms with Gasteiger partial charge >= 0.3 is 0 Å². The number of carbonyl (C=O) groups excluding carboxylic acids is 4. The number of nitrogens with zero attached hydrogens (tertiary/aromatic N) is 3. The number of aromatic nitrogens is 1. The van der Waals surface area contributed by atoms with E-state index in [1.165, 1.54) is 17.8 Å². The Morgan fingerprint density at radius 2 is 1.77 bits per heavy atom. The summed E-state index contributed by atoms with van der Waals surface area (Å²) in [6, 6.07) is 12.6. The number of hydrogen-bond acceptors (Lipinski definition) is 6. The van der Waals surface area contributed by atoms with Gasteiger partial charge in [-0.15, -0.1) is 11.3 Å². The summed E-state index contributed by atoms with van der Waals surface area (Å²) in [5.41, 5.74) is 3.61. The Kier molecular flexibility index (Phi) is 7.16. The quantitative estimate of drug-likeness (QED) is 0.505. The molecule has 1 saturated carbocycles. The summed E-state index contributed by atoms with van der Waals surface area (Å²) in [5.74, 6) is -0.466. The molecule has 2 aliphatic heterocycles. The second-order valence-corrected chi connectivity index (χ2v) is 11.8. The SMILES string of the molecule is O=C(N[C@@H](CC1CCCCC1)C(=O)N1CC[C@@H]2[C@H]1C(=O)CN2C(=O)c1ccccc1)c1ccc2ncsc2c1. The minimum Gasteiger partial charge on any atom is -0.340 e. The Bertz CT molecular complexity index is 1400. The molecule has 3 amide bonds. The van der Waals surface area contributed by atoms with Crippen LogP contribution in [0.1, 0.15) is 65.7 Å². The van der Waals surface area contributed by atoms with Gasteiger partial charge in [-0.3, -0.25) is 19.2 Å². The van der Waals surface area contributed by atoms with Gasteiger partial charge in [0.1, 0.15) is 12.1 Å². The molecule has 6 rings (SSSR count). The van der Waals surface area contributed by atoms with Crippen molar-refractivity contribution >= 4 is 45.1 Å². The number of fused-ring (bicyclic) bond motifs is 2. The van der Waals surface area contributed by atoms with Crippen LogP contribution in [0.5, 0.6) is 0 Å². The zero-order chi connectivity index (χ0) is 26.9. The predicted octanol–water partition coefficient (Wildman–Crippen LogP) is 4.06. The molecule has 2 saturated heterocycles. The second kappa shape index (κ2) is 10.9. The number of carbonyl (C=O) groups is 4. The molecule has 0 spiro atoms. The minimum absolute atomic E-state index is 0.00134. The molecular weight excluding hydrogens is 512 g/mol. The highest BCUT2D eigenvalue weighted by Gasteiger charge is 2.52. The number of ketones is 1. The van der Waals surface area contributed by atoms with Gasteiger partial charge in [-0.2, -0.15) is 0 Å². The topological polar surface area (TPSA) is 99.7 Å². The Hall–Kier alpha value is -3.59. The van der Waals surface area contributed by atoms with Crippen LogP contribution >= 0.6 is 11.3 Å². The molecule has 202 valence electrons. The molecule has 3 aromatic rings. The van der Waals surface area contributed by atoms with Gasteiger partial charge in [-0.05, 0) is 49.1 Å². The molecule has 3 fully saturated rings. The van der Waals surface area contributed by atoms with Crippen molar-refractivity contribution in [2.24, 2.45) is 5.92 Å². The number of rotatable bonds is 6. The first-order valence-electron chi connectivity index (χ1n) is 13.8. The first-order chi connectivity index (χ1) is 19.0. The third kappa shape index (κ3) is 5.07. The van der Waals surface area contributed by atoms with Gasteiger partial charge in [0.25, 0.3) is 11.8 Å². The lowest BCUT2D eigenvalue weighted by Crippen LogP contribution is -2.53. The van der Waals surface area contributed by atoms with Crippen LogP contribution in [0.3, 0.4) is 0 Å². The number of thiazole rings is 1. The summed E-state index contributed by atoms with van der Waals surface area (Å²) < 4.78 is 0.917. The monoisotopic (exact) mass is 544 g/mol. The van der Waals surface area contributed by atoms with Crippen molar-refractivity contribution in [3.8, 4) is 0 Å². The molecule has 3 heterocycles. The first kappa shape index (κ1) is 25.7. The van der Waals surface area contributed by atoms with E-state index in [1.54, 1.807) is 45.6 Å². The maximum Gasteiger partial charge on any atom is 0.254 e. The van der Waals surface area contributed by atoms with Gasteiger partial charge < -0.3 is 15.1 Å². The molecule has 0 unspecified atom stereocenters. The highest BCUT2D eigenvalue weighted by molar-refractivity contribution is 7.16. The summed E-state index contributed by atoms with van der Waals surface area (Å²) in [4.78, 5) is 61.3. The summed E-state index contributed by atoms with van der Waals surface area (Å²) >= 11 is 1.47. The fraction of sp³-hybridized carbons (Fsp3) is 0.433. The second-order valence-electron chi connectivity index (χ2n) is 10.9. The largest absolute Gasteiger partial charge is 0.340 e. The predicted molar refractivity (Wildman–Crippen MR) is 148 cm³/mol. The minimum atomic E-state index is -0.719. The van der Waals surface area contributed by atoms with Crippen LogP contribution < -0.4 is 5.32 Å². The highest BCUT2D eigenvalue weighted by Crippen LogP contribution is 2.33. The number of likely N-dealkylation sites (tertiary alicyclic amines) is 2. The molecule has 3 atom stereocenters. The summed E-state index contributed by atoms with van der Waals surface area (Å²) in [6.07, 6.45) is 6.64. The van der Waals surface area contributed by atoms with Gasteiger partial charge in [-0.25, -0.2) is 4.98 Å². The maximum absolute atomic E-state index is 14.0. The van der Waals surface area contributed by atoms with Crippen molar-refractivity contribution in [1.29, 1.82) is 0 Å². The van der Waals surface area contributed by atoms with Gasteiger partial charge in [0.05, 0.1) is 28.3 Å². The van der Waals surface area contributed by atoms with E-state index in [4.69, 9.17) is 0 Å². The van der Waals surface area contributed by atoms with Crippen LogP contribution in [0.4, 0.5) is 0 Å². The van der Waals surface area contributed by atoms with Gasteiger partial charge in [0, 0.05) is 17.7 Å². The number of hydrogen-bond donors (Lipinski definition) is 1. The van der Waals surface area contributed by atoms with Crippen molar-refractivity contribution in [3.63, 3.8) is 0 Å². The van der Waals surface area contributed by atoms with E-state index >= 15 is 0 Å². The molecule has 39 heavy (non-hydrogen) atoms. The molecule has 0 radical (unpaired) electrons. The number of benzene rings is 2. The average Bonchev–Trinajstić information content (AvgIpc) is 3.69. The molecule has 9 heteroatoms. The normalized spacial score (nSPS) is 22.2. The van der Waals surface area contributed by atoms with Crippen LogP contribution in [0, 0.1) is 5.92 Å². The van der Waals surface area contributed by atoms with Crippen LogP contribution in [0.15, 0.2) is 54.0 Å². The fourth-order valence-electron chi connectivity index (χ4n) is 6.50. The van der Waals surface area contributed by atoms with Gasteiger partial charge in [-0.1, -0.05) is 50.3 Å². The fourth-order valence-corrected chi connectivity index (χ4v) is 7.22. The number of amides is 3. The first-order valence-corrected chi connectivity index (χ1v) is 14.7. The Balaban J connectivity index is 1.22. The Morgan fingerprint density at radius 3 is 2.56 bits per heavy atom. The molecule has 1 aliphatic carbocycles. The average molecular weight is 545 g/mol. The highest BCUT2D eigenvalue weighted by atomic mass is 32.1. The van der Waals surface area contributed by atoms with Gasteiger partial charge in [0.2, 0.25) is 5.91 Å². The zero-order valence-corrected chi connectivity index (χ0v) is 22.6. The Labute approximate surface area is 231 Å². The van der Waals surface area contributed by atoms with Crippen molar-refractivity contribution in [3.05, 3.63) is 65.2 Å². The molecule has 1 aromatic heterocycles. The molecular formula is C30H32N4O4S. The smallest absolute Gasteiger partial charge is 0.254 e. The summed E-state index contributed by atoms with van der Waals surface area (Å²) in [6.45, 7) is 0.393. The van der Waals surface area contributed by atoms with Crippen LogP contribution in [0.2, 0.25) is 0 Å². The van der Waals surface area contributed by atoms with Crippen LogP contribution in [-0.4, -0.2) is 69.5 Å². The summed E-state index contributed by atoms with van der Waals surface area (Å²) in [7, 11) is 0. The number of nitrogens with one attached hydrogen (secondary N) is 1. The summed E-state index contributed by atoms with van der Waals surface area (Å²) in [5, 5.41) is 3.03. The van der Waals surface area contributed by atoms with E-state index in [2.05, 4.69) is 10.3 Å². The lowest BCUT2D eigenvalue weighted by Gasteiger charge is -2.31. The molecule has 1 N–H and O–H groups in total. The molecule has 0 bridgehead atoms. The lowest BCUT2D eigenvalue weighted by atomic mass is 9.84. The number of Topliss-reactive ketones (excluding diaryl/α,β-unsaturated/α-hetero) is 1. The van der Waals surface area contributed by atoms with E-state index in [0.717, 1.165) is 35.9 Å². The van der Waals surface area contributed by atoms with Crippen LogP contribution in [0.25, 0.3) is 10.2 Å². The third-order valence-corrected chi connectivity index (χ3v) is 9.27. The van der Waals surface area contributed by atoms with Crippen molar-refractivity contribution < 1.29 is 19.2 Å². The molecule has 3 aliphatic rings. The van der Waals surface area contributed by atoms with Crippen LogP contribution in [-0.2, 0) is 9.59 Å². The van der Waals surface area contributed by atoms with Gasteiger partial charge in [0.15, 0.2) is 5.78 Å². The van der Waals surface area contributed by atoms with E-state index in [1.807, 2.05) is 18.2 Å². The van der Waals surface area contributed by atoms with E-state index in [0.29, 0.717) is 36.4 Å². The zero-order valence-electron chi connectivity index (χ0n) is 21.8. The Morgan fingerprint density at radius 1 is 0.974 bits per heavy atom. The van der Waals surface area contributed by atoms with E-state index in [9.17, 15) is 19.2 Å². The lowest BCUT2D eigenvalue weighted by molar-refractivity contribution is -0.138. The van der Waals surface area contributed by atoms with Crippen molar-refractivity contribution in [2.75, 3.05) is 13.1 Å². The maximum atomic E-state index is 14.0.